The van der Waals surface area contributed by atoms with E-state index >= 15 is 0 Å². The van der Waals surface area contributed by atoms with E-state index in [9.17, 15) is 4.79 Å². The molecule has 0 bridgehead atoms. The molecule has 0 saturated carbocycles. The van der Waals surface area contributed by atoms with Gasteiger partial charge in [0.25, 0.3) is 0 Å². The predicted octanol–water partition coefficient (Wildman–Crippen LogP) is 3.51. The molecule has 0 aliphatic heterocycles. The normalized spacial score (nSPS) is 17.7. The summed E-state index contributed by atoms with van der Waals surface area (Å²) >= 11 is 0. The molecule has 1 unspecified atom stereocenters. The van der Waals surface area contributed by atoms with Gasteiger partial charge < -0.3 is 9.67 Å². The molecule has 118 valence electrons. The molecule has 0 radical (unpaired) electrons. The second kappa shape index (κ2) is 7.62. The zero-order valence-electron chi connectivity index (χ0n) is 13.4. The van der Waals surface area contributed by atoms with Gasteiger partial charge in [-0.05, 0) is 19.3 Å². The highest BCUT2D eigenvalue weighted by Gasteiger charge is 2.28. The summed E-state index contributed by atoms with van der Waals surface area (Å²) in [7, 11) is 2.08. The molecule has 1 aromatic heterocycles. The zero-order chi connectivity index (χ0) is 15.2. The number of rotatable bonds is 8. The van der Waals surface area contributed by atoms with Crippen LogP contribution in [0.15, 0.2) is 0 Å². The van der Waals surface area contributed by atoms with E-state index in [-0.39, 0.29) is 5.92 Å². The first-order chi connectivity index (χ1) is 10.1. The third kappa shape index (κ3) is 4.08. The number of hydrogen-bond acceptors (Lipinski definition) is 2. The van der Waals surface area contributed by atoms with E-state index in [4.69, 9.17) is 10.1 Å². The van der Waals surface area contributed by atoms with Crippen LogP contribution in [-0.4, -0.2) is 20.6 Å². The molecule has 0 amide bonds. The molecule has 1 aliphatic rings. The Balaban J connectivity index is 1.86. The number of hydrogen-bond donors (Lipinski definition) is 1. The first-order valence-corrected chi connectivity index (χ1v) is 8.39. The third-order valence-corrected chi connectivity index (χ3v) is 4.66. The standard InChI is InChI=1S/C17H28N2O2/c1-3-4-5-6-7-8-9-16-18-14-12-13(17(20)21)10-11-15(14)19(16)2/h13H,3-12H2,1-2H3,(H,20,21). The molecular formula is C17H28N2O2. The summed E-state index contributed by atoms with van der Waals surface area (Å²) in [5.74, 6) is 0.222. The van der Waals surface area contributed by atoms with E-state index in [1.807, 2.05) is 0 Å². The van der Waals surface area contributed by atoms with Gasteiger partial charge in [-0.1, -0.05) is 39.0 Å². The van der Waals surface area contributed by atoms with Gasteiger partial charge >= 0.3 is 5.97 Å². The number of aliphatic carboxylic acids is 1. The predicted molar refractivity (Wildman–Crippen MR) is 83.4 cm³/mol. The summed E-state index contributed by atoms with van der Waals surface area (Å²) in [5.41, 5.74) is 2.28. The van der Waals surface area contributed by atoms with E-state index in [0.717, 1.165) is 30.8 Å². The molecule has 0 saturated heterocycles. The van der Waals surface area contributed by atoms with Crippen molar-refractivity contribution in [3.63, 3.8) is 0 Å². The first-order valence-electron chi connectivity index (χ1n) is 8.39. The lowest BCUT2D eigenvalue weighted by Gasteiger charge is -2.18. The molecule has 0 aromatic carbocycles. The SMILES string of the molecule is CCCCCCCCc1nc2c(n1C)CCC(C(=O)O)C2. The highest BCUT2D eigenvalue weighted by Crippen LogP contribution is 2.26. The van der Waals surface area contributed by atoms with Crippen molar-refractivity contribution in [2.45, 2.75) is 71.1 Å². The van der Waals surface area contributed by atoms with Gasteiger partial charge in [0, 0.05) is 25.6 Å². The Labute approximate surface area is 127 Å². The Morgan fingerprint density at radius 2 is 2.00 bits per heavy atom. The minimum absolute atomic E-state index is 0.241. The number of carboxylic acid groups (broad SMARTS) is 1. The summed E-state index contributed by atoms with van der Waals surface area (Å²) in [5, 5.41) is 9.15. The van der Waals surface area contributed by atoms with Crippen LogP contribution in [0, 0.1) is 5.92 Å². The van der Waals surface area contributed by atoms with Crippen molar-refractivity contribution in [2.24, 2.45) is 13.0 Å². The average molecular weight is 292 g/mol. The molecule has 1 aliphatic carbocycles. The van der Waals surface area contributed by atoms with Crippen molar-refractivity contribution >= 4 is 5.97 Å². The lowest BCUT2D eigenvalue weighted by atomic mass is 9.90. The fourth-order valence-corrected chi connectivity index (χ4v) is 3.26. The van der Waals surface area contributed by atoms with E-state index in [0.29, 0.717) is 6.42 Å². The van der Waals surface area contributed by atoms with Crippen LogP contribution < -0.4 is 0 Å². The second-order valence-electron chi connectivity index (χ2n) is 6.28. The van der Waals surface area contributed by atoms with Crippen LogP contribution >= 0.6 is 0 Å². The molecule has 4 nitrogen and oxygen atoms in total. The van der Waals surface area contributed by atoms with Crippen molar-refractivity contribution in [1.82, 2.24) is 9.55 Å². The van der Waals surface area contributed by atoms with Crippen molar-refractivity contribution in [1.29, 1.82) is 0 Å². The van der Waals surface area contributed by atoms with Crippen molar-refractivity contribution in [2.75, 3.05) is 0 Å². The van der Waals surface area contributed by atoms with Crippen molar-refractivity contribution in [3.8, 4) is 0 Å². The van der Waals surface area contributed by atoms with Crippen molar-refractivity contribution < 1.29 is 9.90 Å². The topological polar surface area (TPSA) is 55.1 Å². The van der Waals surface area contributed by atoms with Gasteiger partial charge in [-0.2, -0.15) is 0 Å². The summed E-state index contributed by atoms with van der Waals surface area (Å²) < 4.78 is 2.21. The molecule has 1 aromatic rings. The minimum Gasteiger partial charge on any atom is -0.481 e. The van der Waals surface area contributed by atoms with Gasteiger partial charge in [0.2, 0.25) is 0 Å². The number of fused-ring (bicyclic) bond motifs is 1. The average Bonchev–Trinajstić information content (AvgIpc) is 2.79. The Hall–Kier alpha value is -1.32. The van der Waals surface area contributed by atoms with Crippen LogP contribution in [0.2, 0.25) is 0 Å². The highest BCUT2D eigenvalue weighted by atomic mass is 16.4. The molecule has 4 heteroatoms. The van der Waals surface area contributed by atoms with Gasteiger partial charge in [-0.15, -0.1) is 0 Å². The summed E-state index contributed by atoms with van der Waals surface area (Å²) in [6.07, 6.45) is 11.0. The fourth-order valence-electron chi connectivity index (χ4n) is 3.26. The molecule has 21 heavy (non-hydrogen) atoms. The first kappa shape index (κ1) is 16.1. The fraction of sp³-hybridized carbons (Fsp3) is 0.765. The third-order valence-electron chi connectivity index (χ3n) is 4.66. The van der Waals surface area contributed by atoms with Gasteiger partial charge in [-0.3, -0.25) is 4.79 Å². The van der Waals surface area contributed by atoms with Crippen LogP contribution in [0.5, 0.6) is 0 Å². The number of nitrogens with zero attached hydrogens (tertiary/aromatic N) is 2. The number of imidazole rings is 1. The Kier molecular flexibility index (Phi) is 5.83. The van der Waals surface area contributed by atoms with Gasteiger partial charge in [0.15, 0.2) is 0 Å². The summed E-state index contributed by atoms with van der Waals surface area (Å²) in [6, 6.07) is 0. The van der Waals surface area contributed by atoms with E-state index in [2.05, 4.69) is 18.5 Å². The molecular weight excluding hydrogens is 264 g/mol. The van der Waals surface area contributed by atoms with E-state index < -0.39 is 5.97 Å². The molecule has 0 spiro atoms. The molecule has 2 rings (SSSR count). The minimum atomic E-state index is -0.677. The number of aromatic nitrogens is 2. The number of unbranched alkanes of at least 4 members (excludes halogenated alkanes) is 5. The maximum atomic E-state index is 11.1. The zero-order valence-corrected chi connectivity index (χ0v) is 13.4. The number of aryl methyl sites for hydroxylation is 1. The lowest BCUT2D eigenvalue weighted by molar-refractivity contribution is -0.142. The Morgan fingerprint density at radius 1 is 1.29 bits per heavy atom. The van der Waals surface area contributed by atoms with Crippen molar-refractivity contribution in [3.05, 3.63) is 17.2 Å². The highest BCUT2D eigenvalue weighted by molar-refractivity contribution is 5.70. The monoisotopic (exact) mass is 292 g/mol. The van der Waals surface area contributed by atoms with Gasteiger partial charge in [0.05, 0.1) is 11.6 Å². The lowest BCUT2D eigenvalue weighted by Crippen LogP contribution is -2.22. The van der Waals surface area contributed by atoms with Gasteiger partial charge in [0.1, 0.15) is 5.82 Å². The number of carbonyl (C=O) groups is 1. The smallest absolute Gasteiger partial charge is 0.306 e. The summed E-state index contributed by atoms with van der Waals surface area (Å²) in [6.45, 7) is 2.24. The van der Waals surface area contributed by atoms with Crippen LogP contribution in [0.25, 0.3) is 0 Å². The molecule has 1 atom stereocenters. The van der Waals surface area contributed by atoms with Crippen LogP contribution in [0.4, 0.5) is 0 Å². The van der Waals surface area contributed by atoms with Crippen LogP contribution in [-0.2, 0) is 31.1 Å². The van der Waals surface area contributed by atoms with Gasteiger partial charge in [-0.25, -0.2) is 4.98 Å². The van der Waals surface area contributed by atoms with Crippen LogP contribution in [0.3, 0.4) is 0 Å². The summed E-state index contributed by atoms with van der Waals surface area (Å²) in [4.78, 5) is 15.8. The van der Waals surface area contributed by atoms with Crippen LogP contribution in [0.1, 0.15) is 69.1 Å². The molecule has 0 fully saturated rings. The second-order valence-corrected chi connectivity index (χ2v) is 6.28. The van der Waals surface area contributed by atoms with E-state index in [1.165, 1.54) is 44.2 Å². The maximum absolute atomic E-state index is 11.1. The Morgan fingerprint density at radius 3 is 2.71 bits per heavy atom. The quantitative estimate of drug-likeness (QED) is 0.746. The number of carboxylic acids is 1. The van der Waals surface area contributed by atoms with E-state index in [1.54, 1.807) is 0 Å². The molecule has 1 heterocycles. The largest absolute Gasteiger partial charge is 0.481 e. The Bertz CT molecular complexity index is 479. The maximum Gasteiger partial charge on any atom is 0.306 e. The molecule has 1 N–H and O–H groups in total.